The van der Waals surface area contributed by atoms with Crippen LogP contribution in [0.3, 0.4) is 0 Å². The van der Waals surface area contributed by atoms with Crippen LogP contribution in [-0.4, -0.2) is 33.5 Å². The van der Waals surface area contributed by atoms with Gasteiger partial charge in [0.05, 0.1) is 34.0 Å². The van der Waals surface area contributed by atoms with Gasteiger partial charge in [-0.2, -0.15) is 10.4 Å². The Kier molecular flexibility index (Phi) is 4.16. The zero-order valence-electron chi connectivity index (χ0n) is 16.0. The van der Waals surface area contributed by atoms with Crippen LogP contribution in [0.2, 0.25) is 0 Å². The molecule has 0 radical (unpaired) electrons. The van der Waals surface area contributed by atoms with Crippen LogP contribution in [0, 0.1) is 23.2 Å². The Morgan fingerprint density at radius 2 is 1.85 bits per heavy atom. The largest absolute Gasteiger partial charge is 0.497 e. The lowest BCUT2D eigenvalue weighted by Crippen LogP contribution is -2.41. The van der Waals surface area contributed by atoms with E-state index in [1.807, 2.05) is 47.6 Å². The zero-order valence-corrected chi connectivity index (χ0v) is 16.0. The summed E-state index contributed by atoms with van der Waals surface area (Å²) in [6.07, 6.45) is 3.32. The molecule has 1 saturated heterocycles. The van der Waals surface area contributed by atoms with Gasteiger partial charge in [0.15, 0.2) is 0 Å². The predicted molar refractivity (Wildman–Crippen MR) is 101 cm³/mol. The van der Waals surface area contributed by atoms with Gasteiger partial charge in [-0.25, -0.2) is 4.52 Å². The molecule has 1 aliphatic heterocycles. The van der Waals surface area contributed by atoms with Crippen molar-refractivity contribution in [3.05, 3.63) is 29.6 Å². The number of fused-ring (bicyclic) bond motifs is 1. The van der Waals surface area contributed by atoms with Crippen molar-refractivity contribution >= 4 is 18.1 Å². The van der Waals surface area contributed by atoms with Gasteiger partial charge in [0, 0.05) is 17.2 Å². The highest BCUT2D eigenvalue weighted by atomic mass is 16.7. The fourth-order valence-electron chi connectivity index (χ4n) is 2.69. The maximum absolute atomic E-state index is 9.45. The quantitative estimate of drug-likeness (QED) is 0.624. The molecule has 0 spiro atoms. The molecule has 6 nitrogen and oxygen atoms in total. The third-order valence-corrected chi connectivity index (χ3v) is 4.80. The molecular weight excluding hydrogens is 327 g/mol. The van der Waals surface area contributed by atoms with E-state index in [0.29, 0.717) is 11.1 Å². The third-order valence-electron chi connectivity index (χ3n) is 4.80. The van der Waals surface area contributed by atoms with Crippen LogP contribution in [0.5, 0.6) is 0 Å². The summed E-state index contributed by atoms with van der Waals surface area (Å²) in [6.45, 7) is 11.7. The van der Waals surface area contributed by atoms with Crippen molar-refractivity contribution in [3.8, 4) is 17.9 Å². The summed E-state index contributed by atoms with van der Waals surface area (Å²) < 4.78 is 14.0. The second kappa shape index (κ2) is 5.85. The van der Waals surface area contributed by atoms with E-state index in [9.17, 15) is 5.26 Å². The number of hydrogen-bond donors (Lipinski definition) is 1. The first-order valence-electron chi connectivity index (χ1n) is 8.53. The Hall–Kier alpha value is -2.32. The van der Waals surface area contributed by atoms with Crippen molar-refractivity contribution in [2.75, 3.05) is 0 Å². The van der Waals surface area contributed by atoms with Gasteiger partial charge in [-0.3, -0.25) is 0 Å². The highest BCUT2D eigenvalue weighted by Crippen LogP contribution is 2.37. The summed E-state index contributed by atoms with van der Waals surface area (Å²) >= 11 is 0. The maximum atomic E-state index is 9.45. The Balaban J connectivity index is 2.18. The fraction of sp³-hybridized carbons (Fsp3) is 0.474. The minimum Gasteiger partial charge on any atom is -0.399 e. The van der Waals surface area contributed by atoms with Crippen molar-refractivity contribution < 1.29 is 9.31 Å². The number of hydrogen-bond acceptors (Lipinski definition) is 5. The molecule has 7 heteroatoms. The van der Waals surface area contributed by atoms with E-state index in [-0.39, 0.29) is 0 Å². The molecule has 2 aromatic heterocycles. The molecule has 0 unspecified atom stereocenters. The SMILES string of the molecule is CC(C)(N)C#Cc1cc(B2OC(C)(C)C(C)(C)O2)c2c(C#N)cnn2c1. The minimum atomic E-state index is -0.612. The van der Waals surface area contributed by atoms with Crippen molar-refractivity contribution in [1.29, 1.82) is 5.26 Å². The fourth-order valence-corrected chi connectivity index (χ4v) is 2.69. The molecule has 0 aliphatic carbocycles. The summed E-state index contributed by atoms with van der Waals surface area (Å²) in [5.41, 5.74) is 6.99. The second-order valence-electron chi connectivity index (χ2n) is 8.21. The summed E-state index contributed by atoms with van der Waals surface area (Å²) in [5.74, 6) is 6.09. The molecule has 0 amide bonds. The van der Waals surface area contributed by atoms with Gasteiger partial charge < -0.3 is 15.0 Å². The highest BCUT2D eigenvalue weighted by Gasteiger charge is 2.52. The monoisotopic (exact) mass is 350 g/mol. The van der Waals surface area contributed by atoms with Crippen LogP contribution >= 0.6 is 0 Å². The first kappa shape index (κ1) is 18.5. The van der Waals surface area contributed by atoms with Crippen molar-refractivity contribution in [1.82, 2.24) is 9.61 Å². The van der Waals surface area contributed by atoms with Crippen LogP contribution in [0.15, 0.2) is 18.5 Å². The van der Waals surface area contributed by atoms with Gasteiger partial charge in [-0.05, 0) is 47.6 Å². The third kappa shape index (κ3) is 3.22. The molecule has 2 aromatic rings. The minimum absolute atomic E-state index is 0.466. The lowest BCUT2D eigenvalue weighted by atomic mass is 9.77. The van der Waals surface area contributed by atoms with E-state index in [4.69, 9.17) is 15.0 Å². The van der Waals surface area contributed by atoms with Crippen LogP contribution < -0.4 is 11.2 Å². The molecule has 2 N–H and O–H groups in total. The molecule has 26 heavy (non-hydrogen) atoms. The molecule has 134 valence electrons. The van der Waals surface area contributed by atoms with Gasteiger partial charge in [0.1, 0.15) is 6.07 Å². The average molecular weight is 350 g/mol. The van der Waals surface area contributed by atoms with E-state index in [1.165, 1.54) is 6.20 Å². The first-order valence-corrected chi connectivity index (χ1v) is 8.53. The van der Waals surface area contributed by atoms with Gasteiger partial charge in [-0.1, -0.05) is 11.8 Å². The number of rotatable bonds is 1. The summed E-state index contributed by atoms with van der Waals surface area (Å²) in [6, 6.07) is 4.07. The van der Waals surface area contributed by atoms with E-state index in [1.54, 1.807) is 10.7 Å². The molecule has 1 aliphatic rings. The number of aromatic nitrogens is 2. The van der Waals surface area contributed by atoms with E-state index >= 15 is 0 Å². The van der Waals surface area contributed by atoms with Gasteiger partial charge in [0.25, 0.3) is 0 Å². The molecule has 0 bridgehead atoms. The Labute approximate surface area is 154 Å². The normalized spacial score (nSPS) is 18.5. The molecule has 3 heterocycles. The Morgan fingerprint density at radius 1 is 1.23 bits per heavy atom. The summed E-state index contributed by atoms with van der Waals surface area (Å²) in [4.78, 5) is 0. The number of nitrogens with two attached hydrogens (primary N) is 1. The van der Waals surface area contributed by atoms with Crippen molar-refractivity contribution in [2.24, 2.45) is 5.73 Å². The lowest BCUT2D eigenvalue weighted by Gasteiger charge is -2.32. The topological polar surface area (TPSA) is 85.6 Å². The van der Waals surface area contributed by atoms with Gasteiger partial charge in [0.2, 0.25) is 0 Å². The Bertz CT molecular complexity index is 952. The van der Waals surface area contributed by atoms with E-state index < -0.39 is 23.9 Å². The first-order chi connectivity index (χ1) is 11.9. The Morgan fingerprint density at radius 3 is 2.38 bits per heavy atom. The number of nitriles is 1. The molecular formula is C19H23BN4O2. The van der Waals surface area contributed by atoms with Gasteiger partial charge >= 0.3 is 7.12 Å². The summed E-state index contributed by atoms with van der Waals surface area (Å²) in [7, 11) is -0.612. The average Bonchev–Trinajstić information content (AvgIpc) is 3.01. The van der Waals surface area contributed by atoms with Crippen LogP contribution in [-0.2, 0) is 9.31 Å². The standard InChI is InChI=1S/C19H23BN4O2/c1-17(2,22)8-7-13-9-15(16-14(10-21)11-23-24(16)12-13)20-25-18(3,4)19(5,6)26-20/h9,11-12H,22H2,1-6H3. The van der Waals surface area contributed by atoms with Crippen molar-refractivity contribution in [3.63, 3.8) is 0 Å². The summed E-state index contributed by atoms with van der Waals surface area (Å²) in [5, 5.41) is 13.7. The van der Waals surface area contributed by atoms with Crippen molar-refractivity contribution in [2.45, 2.75) is 58.3 Å². The van der Waals surface area contributed by atoms with E-state index in [0.717, 1.165) is 11.0 Å². The van der Waals surface area contributed by atoms with Crippen LogP contribution in [0.25, 0.3) is 5.52 Å². The zero-order chi connectivity index (χ0) is 19.3. The molecule has 3 rings (SSSR count). The predicted octanol–water partition coefficient (Wildman–Crippen LogP) is 1.59. The highest BCUT2D eigenvalue weighted by molar-refractivity contribution is 6.64. The van der Waals surface area contributed by atoms with Crippen LogP contribution in [0.1, 0.15) is 52.7 Å². The molecule has 1 fully saturated rings. The molecule has 0 aromatic carbocycles. The maximum Gasteiger partial charge on any atom is 0.497 e. The second-order valence-corrected chi connectivity index (χ2v) is 8.21. The lowest BCUT2D eigenvalue weighted by molar-refractivity contribution is 0.00578. The number of nitrogens with zero attached hydrogens (tertiary/aromatic N) is 3. The molecule has 0 saturated carbocycles. The van der Waals surface area contributed by atoms with E-state index in [2.05, 4.69) is 23.0 Å². The smallest absolute Gasteiger partial charge is 0.399 e. The van der Waals surface area contributed by atoms with Crippen LogP contribution in [0.4, 0.5) is 0 Å². The number of pyridine rings is 1. The molecule has 0 atom stereocenters. The van der Waals surface area contributed by atoms with Gasteiger partial charge in [-0.15, -0.1) is 0 Å².